The van der Waals surface area contributed by atoms with Crippen molar-refractivity contribution in [3.63, 3.8) is 0 Å². The van der Waals surface area contributed by atoms with Gasteiger partial charge in [-0.1, -0.05) is 27.7 Å². The molecule has 2 bridgehead atoms. The molecule has 3 aliphatic rings. The van der Waals surface area contributed by atoms with Gasteiger partial charge in [-0.2, -0.15) is 0 Å². The molecule has 3 rings (SSSR count). The van der Waals surface area contributed by atoms with E-state index in [4.69, 9.17) is 0 Å². The Morgan fingerprint density at radius 2 is 1.36 bits per heavy atom. The second-order valence-electron chi connectivity index (χ2n) is 5.56. The minimum Gasteiger partial charge on any atom is -0.299 e. The molecule has 0 unspecified atom stereocenters. The summed E-state index contributed by atoms with van der Waals surface area (Å²) in [5, 5.41) is 0. The zero-order valence-corrected chi connectivity index (χ0v) is 10.1. The molecule has 14 heavy (non-hydrogen) atoms. The number of rotatable bonds is 2. The van der Waals surface area contributed by atoms with Crippen molar-refractivity contribution >= 4 is 0 Å². The maximum atomic E-state index is 2.75. The average molecular weight is 196 g/mol. The predicted molar refractivity (Wildman–Crippen MR) is 60.4 cm³/mol. The third-order valence-corrected chi connectivity index (χ3v) is 4.44. The van der Waals surface area contributed by atoms with Gasteiger partial charge >= 0.3 is 0 Å². The molecule has 0 aromatic carbocycles. The SMILES string of the molecule is CC(C)C1(C(C)C)CN2CCN1CC2. The fourth-order valence-corrected chi connectivity index (χ4v) is 3.54. The topological polar surface area (TPSA) is 6.48 Å². The Hall–Kier alpha value is -0.0800. The highest BCUT2D eigenvalue weighted by molar-refractivity contribution is 5.04. The maximum Gasteiger partial charge on any atom is 0.0383 e. The molecule has 0 atom stereocenters. The van der Waals surface area contributed by atoms with E-state index >= 15 is 0 Å². The van der Waals surface area contributed by atoms with E-state index in [9.17, 15) is 0 Å². The molecule has 0 radical (unpaired) electrons. The van der Waals surface area contributed by atoms with E-state index in [1.165, 1.54) is 32.7 Å². The van der Waals surface area contributed by atoms with Gasteiger partial charge in [-0.05, 0) is 11.8 Å². The largest absolute Gasteiger partial charge is 0.299 e. The van der Waals surface area contributed by atoms with Crippen LogP contribution in [0, 0.1) is 11.8 Å². The quantitative estimate of drug-likeness (QED) is 0.663. The molecule has 0 aliphatic carbocycles. The smallest absolute Gasteiger partial charge is 0.0383 e. The van der Waals surface area contributed by atoms with E-state index in [0.717, 1.165) is 11.8 Å². The highest BCUT2D eigenvalue weighted by Gasteiger charge is 2.48. The Balaban J connectivity index is 2.27. The molecule has 0 aromatic rings. The molecule has 0 amide bonds. The van der Waals surface area contributed by atoms with Crippen LogP contribution in [0.25, 0.3) is 0 Å². The van der Waals surface area contributed by atoms with Gasteiger partial charge in [-0.25, -0.2) is 0 Å². The standard InChI is InChI=1S/C12H24N2/c1-10(2)12(11(3)4)9-13-5-7-14(12)8-6-13/h10-11H,5-9H2,1-4H3. The van der Waals surface area contributed by atoms with Gasteiger partial charge in [0.1, 0.15) is 0 Å². The summed E-state index contributed by atoms with van der Waals surface area (Å²) in [6.45, 7) is 16.0. The maximum absolute atomic E-state index is 2.75. The van der Waals surface area contributed by atoms with Crippen LogP contribution >= 0.6 is 0 Å². The summed E-state index contributed by atoms with van der Waals surface area (Å²) in [5.41, 5.74) is 0.455. The Kier molecular flexibility index (Phi) is 2.61. The van der Waals surface area contributed by atoms with Gasteiger partial charge in [0.2, 0.25) is 0 Å². The van der Waals surface area contributed by atoms with Crippen molar-refractivity contribution in [2.45, 2.75) is 33.2 Å². The number of hydrogen-bond donors (Lipinski definition) is 0. The lowest BCUT2D eigenvalue weighted by atomic mass is 9.72. The molecule has 3 heterocycles. The summed E-state index contributed by atoms with van der Waals surface area (Å²) in [5.74, 6) is 1.54. The van der Waals surface area contributed by atoms with Crippen molar-refractivity contribution in [2.24, 2.45) is 11.8 Å². The lowest BCUT2D eigenvalue weighted by molar-refractivity contribution is -0.103. The predicted octanol–water partition coefficient (Wildman–Crippen LogP) is 1.67. The van der Waals surface area contributed by atoms with Gasteiger partial charge in [0, 0.05) is 38.3 Å². The number of hydrogen-bond acceptors (Lipinski definition) is 2. The highest BCUT2D eigenvalue weighted by atomic mass is 15.4. The van der Waals surface area contributed by atoms with Crippen LogP contribution in [0.3, 0.4) is 0 Å². The minimum absolute atomic E-state index is 0.455. The molecule has 3 aliphatic heterocycles. The van der Waals surface area contributed by atoms with E-state index in [2.05, 4.69) is 37.5 Å². The van der Waals surface area contributed by atoms with Crippen molar-refractivity contribution in [3.8, 4) is 0 Å². The number of fused-ring (bicyclic) bond motifs is 3. The second-order valence-corrected chi connectivity index (χ2v) is 5.56. The summed E-state index contributed by atoms with van der Waals surface area (Å²) in [7, 11) is 0. The van der Waals surface area contributed by atoms with E-state index < -0.39 is 0 Å². The molecule has 0 spiro atoms. The van der Waals surface area contributed by atoms with Crippen LogP contribution in [0.15, 0.2) is 0 Å². The second kappa shape index (κ2) is 3.49. The first-order valence-corrected chi connectivity index (χ1v) is 6.05. The average Bonchev–Trinajstić information content (AvgIpc) is 2.18. The highest BCUT2D eigenvalue weighted by Crippen LogP contribution is 2.38. The first-order valence-electron chi connectivity index (χ1n) is 6.05. The van der Waals surface area contributed by atoms with Crippen molar-refractivity contribution < 1.29 is 0 Å². The van der Waals surface area contributed by atoms with Crippen LogP contribution in [0.5, 0.6) is 0 Å². The fourth-order valence-electron chi connectivity index (χ4n) is 3.54. The van der Waals surface area contributed by atoms with Crippen molar-refractivity contribution in [1.29, 1.82) is 0 Å². The van der Waals surface area contributed by atoms with Gasteiger partial charge in [0.15, 0.2) is 0 Å². The Labute approximate surface area is 88.3 Å². The van der Waals surface area contributed by atoms with Gasteiger partial charge < -0.3 is 0 Å². The van der Waals surface area contributed by atoms with E-state index in [1.807, 2.05) is 0 Å². The van der Waals surface area contributed by atoms with Crippen LogP contribution in [0.4, 0.5) is 0 Å². The summed E-state index contributed by atoms with van der Waals surface area (Å²) in [6, 6.07) is 0. The molecular formula is C12H24N2. The van der Waals surface area contributed by atoms with Crippen molar-refractivity contribution in [1.82, 2.24) is 9.80 Å². The minimum atomic E-state index is 0.455. The first-order chi connectivity index (χ1) is 6.57. The van der Waals surface area contributed by atoms with Gasteiger partial charge in [0.25, 0.3) is 0 Å². The fraction of sp³-hybridized carbons (Fsp3) is 1.00. The zero-order valence-electron chi connectivity index (χ0n) is 10.1. The van der Waals surface area contributed by atoms with Crippen LogP contribution in [0.2, 0.25) is 0 Å². The van der Waals surface area contributed by atoms with E-state index in [-0.39, 0.29) is 0 Å². The molecule has 82 valence electrons. The molecule has 0 N–H and O–H groups in total. The zero-order chi connectivity index (χ0) is 10.3. The molecule has 0 aromatic heterocycles. The first kappa shape index (κ1) is 10.4. The lowest BCUT2D eigenvalue weighted by Crippen LogP contribution is -2.72. The Morgan fingerprint density at radius 1 is 0.857 bits per heavy atom. The van der Waals surface area contributed by atoms with E-state index in [0.29, 0.717) is 5.54 Å². The normalized spacial score (nSPS) is 35.6. The van der Waals surface area contributed by atoms with Crippen LogP contribution in [0.1, 0.15) is 27.7 Å². The van der Waals surface area contributed by atoms with Crippen LogP contribution in [-0.4, -0.2) is 48.1 Å². The summed E-state index contributed by atoms with van der Waals surface area (Å²) in [4.78, 5) is 5.41. The molecular weight excluding hydrogens is 172 g/mol. The van der Waals surface area contributed by atoms with Gasteiger partial charge in [0.05, 0.1) is 0 Å². The molecule has 2 nitrogen and oxygen atoms in total. The van der Waals surface area contributed by atoms with Crippen LogP contribution < -0.4 is 0 Å². The van der Waals surface area contributed by atoms with Gasteiger partial charge in [-0.3, -0.25) is 9.80 Å². The monoisotopic (exact) mass is 196 g/mol. The third kappa shape index (κ3) is 1.31. The van der Waals surface area contributed by atoms with Crippen molar-refractivity contribution in [3.05, 3.63) is 0 Å². The molecule has 2 heteroatoms. The van der Waals surface area contributed by atoms with E-state index in [1.54, 1.807) is 0 Å². The lowest BCUT2D eigenvalue weighted by Gasteiger charge is -2.60. The molecule has 3 fully saturated rings. The summed E-state index contributed by atoms with van der Waals surface area (Å²) in [6.07, 6.45) is 0. The van der Waals surface area contributed by atoms with Gasteiger partial charge in [-0.15, -0.1) is 0 Å². The number of piperazine rings is 3. The summed E-state index contributed by atoms with van der Waals surface area (Å²) >= 11 is 0. The van der Waals surface area contributed by atoms with Crippen LogP contribution in [-0.2, 0) is 0 Å². The third-order valence-electron chi connectivity index (χ3n) is 4.44. The Morgan fingerprint density at radius 3 is 1.57 bits per heavy atom. The molecule has 3 saturated heterocycles. The molecule has 0 saturated carbocycles. The Bertz CT molecular complexity index is 194. The number of nitrogens with zero attached hydrogens (tertiary/aromatic N) is 2. The summed E-state index contributed by atoms with van der Waals surface area (Å²) < 4.78 is 0. The van der Waals surface area contributed by atoms with Crippen molar-refractivity contribution in [2.75, 3.05) is 32.7 Å².